The van der Waals surface area contributed by atoms with Gasteiger partial charge in [-0.25, -0.2) is 0 Å². The summed E-state index contributed by atoms with van der Waals surface area (Å²) in [6, 6.07) is 7.86. The maximum absolute atomic E-state index is 9.67. The molecule has 4 heteroatoms. The summed E-state index contributed by atoms with van der Waals surface area (Å²) in [5.41, 5.74) is 0.0281. The molecule has 0 spiro atoms. The molecule has 3 N–H and O–H groups in total. The second-order valence-electron chi connectivity index (χ2n) is 4.53. The number of methoxy groups -OCH3 is 1. The Labute approximate surface area is 102 Å². The van der Waals surface area contributed by atoms with E-state index in [1.165, 1.54) is 0 Å². The van der Waals surface area contributed by atoms with Gasteiger partial charge in [-0.1, -0.05) is 12.1 Å². The van der Waals surface area contributed by atoms with Gasteiger partial charge in [0, 0.05) is 12.6 Å². The Morgan fingerprint density at radius 3 is 2.41 bits per heavy atom. The van der Waals surface area contributed by atoms with Gasteiger partial charge in [0.2, 0.25) is 0 Å². The summed E-state index contributed by atoms with van der Waals surface area (Å²) in [5, 5.41) is 21.8. The second kappa shape index (κ2) is 6.00. The standard InChI is InChI=1S/C13H21NO3/c1-10(14-8-13(2,16)9-15)11-4-6-12(17-3)7-5-11/h4-7,10,14-16H,8-9H2,1-3H3. The van der Waals surface area contributed by atoms with Crippen LogP contribution in [0.15, 0.2) is 24.3 Å². The van der Waals surface area contributed by atoms with Crippen LogP contribution in [0.4, 0.5) is 0 Å². The number of aliphatic hydroxyl groups excluding tert-OH is 1. The van der Waals surface area contributed by atoms with Crippen LogP contribution in [0.2, 0.25) is 0 Å². The van der Waals surface area contributed by atoms with E-state index in [0.29, 0.717) is 6.54 Å². The maximum Gasteiger partial charge on any atom is 0.118 e. The molecule has 0 amide bonds. The lowest BCUT2D eigenvalue weighted by molar-refractivity contribution is 0.00106. The summed E-state index contributed by atoms with van der Waals surface area (Å²) in [7, 11) is 1.63. The number of ether oxygens (including phenoxy) is 1. The maximum atomic E-state index is 9.67. The third-order valence-electron chi connectivity index (χ3n) is 2.75. The molecule has 0 bridgehead atoms. The first-order valence-electron chi connectivity index (χ1n) is 5.69. The zero-order chi connectivity index (χ0) is 12.9. The minimum Gasteiger partial charge on any atom is -0.497 e. The Bertz CT molecular complexity index is 335. The summed E-state index contributed by atoms with van der Waals surface area (Å²) in [6.07, 6.45) is 0. The van der Waals surface area contributed by atoms with Crippen LogP contribution in [-0.4, -0.2) is 36.1 Å². The van der Waals surface area contributed by atoms with Crippen LogP contribution >= 0.6 is 0 Å². The van der Waals surface area contributed by atoms with E-state index in [9.17, 15) is 5.11 Å². The van der Waals surface area contributed by atoms with Gasteiger partial charge in [0.25, 0.3) is 0 Å². The van der Waals surface area contributed by atoms with Crippen molar-refractivity contribution in [3.05, 3.63) is 29.8 Å². The van der Waals surface area contributed by atoms with Crippen molar-refractivity contribution in [1.82, 2.24) is 5.32 Å². The molecular weight excluding hydrogens is 218 g/mol. The van der Waals surface area contributed by atoms with Crippen LogP contribution in [0.25, 0.3) is 0 Å². The average molecular weight is 239 g/mol. The minimum atomic E-state index is -1.08. The minimum absolute atomic E-state index is 0.110. The Morgan fingerprint density at radius 2 is 1.94 bits per heavy atom. The molecule has 0 aliphatic carbocycles. The molecule has 1 aromatic carbocycles. The molecule has 0 aromatic heterocycles. The summed E-state index contributed by atoms with van der Waals surface area (Å²) in [4.78, 5) is 0. The Kier molecular flexibility index (Phi) is 4.93. The van der Waals surface area contributed by atoms with Crippen molar-refractivity contribution in [2.24, 2.45) is 0 Å². The molecule has 0 heterocycles. The summed E-state index contributed by atoms with van der Waals surface area (Å²) >= 11 is 0. The Morgan fingerprint density at radius 1 is 1.35 bits per heavy atom. The largest absolute Gasteiger partial charge is 0.497 e. The average Bonchev–Trinajstić information content (AvgIpc) is 2.36. The molecule has 1 rings (SSSR count). The predicted molar refractivity (Wildman–Crippen MR) is 67.1 cm³/mol. The molecule has 4 nitrogen and oxygen atoms in total. The highest BCUT2D eigenvalue weighted by Crippen LogP contribution is 2.17. The molecule has 0 aliphatic heterocycles. The van der Waals surface area contributed by atoms with E-state index < -0.39 is 5.60 Å². The van der Waals surface area contributed by atoms with Gasteiger partial charge >= 0.3 is 0 Å². The van der Waals surface area contributed by atoms with E-state index in [2.05, 4.69) is 5.32 Å². The summed E-state index contributed by atoms with van der Waals surface area (Å²) in [6.45, 7) is 3.70. The van der Waals surface area contributed by atoms with Crippen LogP contribution in [0, 0.1) is 0 Å². The highest BCUT2D eigenvalue weighted by atomic mass is 16.5. The molecule has 2 atom stereocenters. The lowest BCUT2D eigenvalue weighted by atomic mass is 10.1. The number of hydrogen-bond donors (Lipinski definition) is 3. The van der Waals surface area contributed by atoms with Gasteiger partial charge in [0.15, 0.2) is 0 Å². The predicted octanol–water partition coefficient (Wildman–Crippen LogP) is 1.09. The van der Waals surface area contributed by atoms with Crippen molar-refractivity contribution in [2.75, 3.05) is 20.3 Å². The van der Waals surface area contributed by atoms with Crippen LogP contribution < -0.4 is 10.1 Å². The van der Waals surface area contributed by atoms with Gasteiger partial charge < -0.3 is 20.3 Å². The first-order valence-corrected chi connectivity index (χ1v) is 5.69. The van der Waals surface area contributed by atoms with E-state index in [1.807, 2.05) is 31.2 Å². The molecule has 1 aromatic rings. The van der Waals surface area contributed by atoms with E-state index >= 15 is 0 Å². The van der Waals surface area contributed by atoms with Gasteiger partial charge in [-0.3, -0.25) is 0 Å². The molecule has 0 fully saturated rings. The van der Waals surface area contributed by atoms with Crippen molar-refractivity contribution in [1.29, 1.82) is 0 Å². The fraction of sp³-hybridized carbons (Fsp3) is 0.538. The molecule has 0 saturated heterocycles. The Hall–Kier alpha value is -1.10. The molecule has 0 aliphatic rings. The van der Waals surface area contributed by atoms with Gasteiger partial charge in [-0.2, -0.15) is 0 Å². The molecule has 2 unspecified atom stereocenters. The number of nitrogens with one attached hydrogen (secondary N) is 1. The lowest BCUT2D eigenvalue weighted by Gasteiger charge is -2.24. The topological polar surface area (TPSA) is 61.7 Å². The van der Waals surface area contributed by atoms with Crippen molar-refractivity contribution in [3.8, 4) is 5.75 Å². The number of benzene rings is 1. The first-order chi connectivity index (χ1) is 7.98. The molecule has 0 saturated carbocycles. The van der Waals surface area contributed by atoms with Crippen molar-refractivity contribution in [3.63, 3.8) is 0 Å². The fourth-order valence-corrected chi connectivity index (χ4v) is 1.44. The molecule has 17 heavy (non-hydrogen) atoms. The highest BCUT2D eigenvalue weighted by Gasteiger charge is 2.19. The van der Waals surface area contributed by atoms with Crippen molar-refractivity contribution >= 4 is 0 Å². The fourth-order valence-electron chi connectivity index (χ4n) is 1.44. The van der Waals surface area contributed by atoms with E-state index in [1.54, 1.807) is 14.0 Å². The van der Waals surface area contributed by atoms with E-state index in [0.717, 1.165) is 11.3 Å². The zero-order valence-electron chi connectivity index (χ0n) is 10.6. The smallest absolute Gasteiger partial charge is 0.118 e. The zero-order valence-corrected chi connectivity index (χ0v) is 10.6. The number of aliphatic hydroxyl groups is 2. The normalized spacial score (nSPS) is 16.3. The van der Waals surface area contributed by atoms with Crippen LogP contribution in [0.1, 0.15) is 25.5 Å². The molecular formula is C13H21NO3. The quantitative estimate of drug-likeness (QED) is 0.695. The monoisotopic (exact) mass is 239 g/mol. The third-order valence-corrected chi connectivity index (χ3v) is 2.75. The van der Waals surface area contributed by atoms with Gasteiger partial charge in [-0.05, 0) is 31.5 Å². The Balaban J connectivity index is 2.54. The summed E-state index contributed by atoms with van der Waals surface area (Å²) < 4.78 is 5.09. The lowest BCUT2D eigenvalue weighted by Crippen LogP contribution is -2.41. The number of rotatable bonds is 6. The van der Waals surface area contributed by atoms with Crippen LogP contribution in [0.3, 0.4) is 0 Å². The van der Waals surface area contributed by atoms with Gasteiger partial charge in [-0.15, -0.1) is 0 Å². The van der Waals surface area contributed by atoms with Crippen LogP contribution in [0.5, 0.6) is 5.75 Å². The van der Waals surface area contributed by atoms with Crippen LogP contribution in [-0.2, 0) is 0 Å². The SMILES string of the molecule is COc1ccc(C(C)NCC(C)(O)CO)cc1. The number of hydrogen-bond acceptors (Lipinski definition) is 4. The van der Waals surface area contributed by atoms with E-state index in [4.69, 9.17) is 9.84 Å². The van der Waals surface area contributed by atoms with Gasteiger partial charge in [0.05, 0.1) is 19.3 Å². The van der Waals surface area contributed by atoms with E-state index in [-0.39, 0.29) is 12.6 Å². The molecule has 96 valence electrons. The second-order valence-corrected chi connectivity index (χ2v) is 4.53. The molecule has 0 radical (unpaired) electrons. The summed E-state index contributed by atoms with van der Waals surface area (Å²) in [5.74, 6) is 0.823. The first kappa shape index (κ1) is 14.0. The third kappa shape index (κ3) is 4.34. The highest BCUT2D eigenvalue weighted by molar-refractivity contribution is 5.28. The van der Waals surface area contributed by atoms with Gasteiger partial charge in [0.1, 0.15) is 5.75 Å². The van der Waals surface area contributed by atoms with Crippen molar-refractivity contribution < 1.29 is 14.9 Å². The van der Waals surface area contributed by atoms with Crippen molar-refractivity contribution in [2.45, 2.75) is 25.5 Å².